The summed E-state index contributed by atoms with van der Waals surface area (Å²) < 4.78 is 0. The zero-order valence-corrected chi connectivity index (χ0v) is 10.3. The number of allylic oxidation sites excluding steroid dienone is 1. The van der Waals surface area contributed by atoms with E-state index in [4.69, 9.17) is 17.3 Å². The molecule has 1 rings (SSSR count). The summed E-state index contributed by atoms with van der Waals surface area (Å²) in [6.07, 6.45) is 3.58. The van der Waals surface area contributed by atoms with E-state index >= 15 is 0 Å². The Hall–Kier alpha value is -0.610. The molecular formula is C11H20N2OS. The molecule has 0 amide bonds. The molecule has 0 bridgehead atoms. The first-order valence-corrected chi connectivity index (χ1v) is 5.87. The van der Waals surface area contributed by atoms with Crippen molar-refractivity contribution in [3.05, 3.63) is 11.1 Å². The van der Waals surface area contributed by atoms with Gasteiger partial charge in [0, 0.05) is 12.6 Å². The van der Waals surface area contributed by atoms with E-state index in [1.807, 2.05) is 0 Å². The molecule has 0 spiro atoms. The van der Waals surface area contributed by atoms with Gasteiger partial charge >= 0.3 is 0 Å². The number of aliphatic hydroxyl groups excluding tert-OH is 1. The number of hydrogen-bond acceptors (Lipinski definition) is 2. The summed E-state index contributed by atoms with van der Waals surface area (Å²) in [5.41, 5.74) is 2.89. The van der Waals surface area contributed by atoms with E-state index < -0.39 is 0 Å². The van der Waals surface area contributed by atoms with Gasteiger partial charge in [0.2, 0.25) is 0 Å². The van der Waals surface area contributed by atoms with Crippen LogP contribution >= 0.6 is 12.2 Å². The lowest BCUT2D eigenvalue weighted by molar-refractivity contribution is 0.300. The van der Waals surface area contributed by atoms with Crippen molar-refractivity contribution < 1.29 is 5.11 Å². The van der Waals surface area contributed by atoms with Gasteiger partial charge in [-0.15, -0.1) is 0 Å². The molecule has 1 aliphatic rings. The smallest absolute Gasteiger partial charge is 0.166 e. The van der Waals surface area contributed by atoms with E-state index in [9.17, 15) is 0 Å². The highest BCUT2D eigenvalue weighted by molar-refractivity contribution is 7.80. The highest BCUT2D eigenvalue weighted by atomic mass is 32.1. The Morgan fingerprint density at radius 3 is 2.93 bits per heavy atom. The van der Waals surface area contributed by atoms with Crippen LogP contribution in [-0.2, 0) is 0 Å². The molecule has 1 unspecified atom stereocenters. The predicted octanol–water partition coefficient (Wildman–Crippen LogP) is 1.33. The van der Waals surface area contributed by atoms with Crippen LogP contribution in [0, 0.1) is 0 Å². The van der Waals surface area contributed by atoms with Crippen molar-refractivity contribution in [1.82, 2.24) is 10.6 Å². The van der Waals surface area contributed by atoms with Crippen LogP contribution in [0.1, 0.15) is 33.1 Å². The van der Waals surface area contributed by atoms with Gasteiger partial charge in [-0.1, -0.05) is 11.1 Å². The first-order valence-electron chi connectivity index (χ1n) is 5.46. The highest BCUT2D eigenvalue weighted by Crippen LogP contribution is 2.24. The fourth-order valence-electron chi connectivity index (χ4n) is 1.84. The lowest BCUT2D eigenvalue weighted by Crippen LogP contribution is -2.44. The van der Waals surface area contributed by atoms with Crippen molar-refractivity contribution in [2.45, 2.75) is 39.2 Å². The van der Waals surface area contributed by atoms with Gasteiger partial charge in [-0.2, -0.15) is 0 Å². The number of hydrogen-bond donors (Lipinski definition) is 3. The number of aliphatic hydroxyl groups is 1. The van der Waals surface area contributed by atoms with Crippen LogP contribution in [0.5, 0.6) is 0 Å². The Labute approximate surface area is 96.9 Å². The highest BCUT2D eigenvalue weighted by Gasteiger charge is 2.17. The summed E-state index contributed by atoms with van der Waals surface area (Å²) in [5, 5.41) is 15.5. The van der Waals surface area contributed by atoms with Crippen molar-refractivity contribution in [3.63, 3.8) is 0 Å². The van der Waals surface area contributed by atoms with Crippen molar-refractivity contribution in [1.29, 1.82) is 0 Å². The quantitative estimate of drug-likeness (QED) is 0.504. The minimum atomic E-state index is 0.111. The molecule has 1 atom stereocenters. The number of thiocarbonyl (C=S) groups is 1. The molecule has 0 heterocycles. The van der Waals surface area contributed by atoms with Crippen LogP contribution in [0.15, 0.2) is 11.1 Å². The largest absolute Gasteiger partial charge is 0.395 e. The normalized spacial score (nSPS) is 21.4. The summed E-state index contributed by atoms with van der Waals surface area (Å²) >= 11 is 5.14. The maximum absolute atomic E-state index is 8.66. The molecule has 0 aromatic heterocycles. The van der Waals surface area contributed by atoms with Crippen molar-refractivity contribution in [2.75, 3.05) is 13.2 Å². The van der Waals surface area contributed by atoms with Gasteiger partial charge in [-0.25, -0.2) is 0 Å². The second-order valence-corrected chi connectivity index (χ2v) is 4.44. The number of rotatable bonds is 3. The zero-order chi connectivity index (χ0) is 11.3. The third-order valence-electron chi connectivity index (χ3n) is 2.94. The third kappa shape index (κ3) is 3.80. The van der Waals surface area contributed by atoms with Crippen LogP contribution in [-0.4, -0.2) is 29.4 Å². The molecule has 15 heavy (non-hydrogen) atoms. The first-order chi connectivity index (χ1) is 7.15. The maximum Gasteiger partial charge on any atom is 0.166 e. The molecule has 0 aliphatic heterocycles. The summed E-state index contributed by atoms with van der Waals surface area (Å²) in [7, 11) is 0. The first kappa shape index (κ1) is 12.5. The zero-order valence-electron chi connectivity index (χ0n) is 9.47. The molecule has 1 aliphatic carbocycles. The summed E-state index contributed by atoms with van der Waals surface area (Å²) in [6, 6.07) is 0.373. The SMILES string of the molecule is CC1=C(C)C(NC(=S)NCCO)CCC1. The third-order valence-corrected chi connectivity index (χ3v) is 3.21. The van der Waals surface area contributed by atoms with Crippen molar-refractivity contribution >= 4 is 17.3 Å². The van der Waals surface area contributed by atoms with Crippen LogP contribution < -0.4 is 10.6 Å². The Morgan fingerprint density at radius 2 is 2.27 bits per heavy atom. The van der Waals surface area contributed by atoms with Crippen LogP contribution in [0.4, 0.5) is 0 Å². The Morgan fingerprint density at radius 1 is 1.53 bits per heavy atom. The van der Waals surface area contributed by atoms with Gasteiger partial charge in [0.25, 0.3) is 0 Å². The van der Waals surface area contributed by atoms with Crippen LogP contribution in [0.25, 0.3) is 0 Å². The second-order valence-electron chi connectivity index (χ2n) is 4.03. The molecular weight excluding hydrogens is 208 g/mol. The molecule has 0 saturated carbocycles. The maximum atomic E-state index is 8.66. The summed E-state index contributed by atoms with van der Waals surface area (Å²) in [5.74, 6) is 0. The standard InChI is InChI=1S/C11H20N2OS/c1-8-4-3-5-10(9(8)2)13-11(15)12-6-7-14/h10,14H,3-7H2,1-2H3,(H2,12,13,15). The van der Waals surface area contributed by atoms with E-state index in [0.717, 1.165) is 6.42 Å². The molecule has 0 radical (unpaired) electrons. The van der Waals surface area contributed by atoms with Gasteiger partial charge in [-0.3, -0.25) is 0 Å². The Bertz CT molecular complexity index is 263. The minimum Gasteiger partial charge on any atom is -0.395 e. The van der Waals surface area contributed by atoms with Gasteiger partial charge in [0.1, 0.15) is 0 Å². The van der Waals surface area contributed by atoms with E-state index in [0.29, 0.717) is 17.7 Å². The number of nitrogens with one attached hydrogen (secondary N) is 2. The molecule has 3 nitrogen and oxygen atoms in total. The van der Waals surface area contributed by atoms with Gasteiger partial charge in [0.05, 0.1) is 6.61 Å². The Kier molecular flexibility index (Phi) is 5.05. The lowest BCUT2D eigenvalue weighted by atomic mass is 9.89. The molecule has 0 saturated heterocycles. The molecule has 0 fully saturated rings. The monoisotopic (exact) mass is 228 g/mol. The predicted molar refractivity (Wildman–Crippen MR) is 66.8 cm³/mol. The van der Waals surface area contributed by atoms with E-state index in [1.165, 1.54) is 24.0 Å². The van der Waals surface area contributed by atoms with Crippen LogP contribution in [0.2, 0.25) is 0 Å². The average Bonchev–Trinajstić information content (AvgIpc) is 2.22. The van der Waals surface area contributed by atoms with Crippen LogP contribution in [0.3, 0.4) is 0 Å². The van der Waals surface area contributed by atoms with E-state index in [1.54, 1.807) is 0 Å². The molecule has 86 valence electrons. The minimum absolute atomic E-state index is 0.111. The molecule has 0 aromatic carbocycles. The van der Waals surface area contributed by atoms with Crippen molar-refractivity contribution in [2.24, 2.45) is 0 Å². The molecule has 4 heteroatoms. The Balaban J connectivity index is 2.44. The average molecular weight is 228 g/mol. The topological polar surface area (TPSA) is 44.3 Å². The van der Waals surface area contributed by atoms with E-state index in [2.05, 4.69) is 24.5 Å². The van der Waals surface area contributed by atoms with Crippen molar-refractivity contribution in [3.8, 4) is 0 Å². The van der Waals surface area contributed by atoms with Gasteiger partial charge in [-0.05, 0) is 45.3 Å². The second kappa shape index (κ2) is 6.08. The fourth-order valence-corrected chi connectivity index (χ4v) is 2.09. The van der Waals surface area contributed by atoms with Gasteiger partial charge < -0.3 is 15.7 Å². The summed E-state index contributed by atoms with van der Waals surface area (Å²) in [6.45, 7) is 4.98. The fraction of sp³-hybridized carbons (Fsp3) is 0.727. The molecule has 0 aromatic rings. The summed E-state index contributed by atoms with van der Waals surface area (Å²) in [4.78, 5) is 0. The van der Waals surface area contributed by atoms with Gasteiger partial charge in [0.15, 0.2) is 5.11 Å². The van der Waals surface area contributed by atoms with E-state index in [-0.39, 0.29) is 6.61 Å². The lowest BCUT2D eigenvalue weighted by Gasteiger charge is -2.27. The molecule has 3 N–H and O–H groups in total.